The van der Waals surface area contributed by atoms with Crippen LogP contribution in [0.15, 0.2) is 78.2 Å². The molecule has 2 amide bonds. The number of nitrogens with zero attached hydrogens (tertiary/aromatic N) is 2. The van der Waals surface area contributed by atoms with Gasteiger partial charge in [-0.3, -0.25) is 9.59 Å². The minimum absolute atomic E-state index is 0.0797. The highest BCUT2D eigenvalue weighted by Crippen LogP contribution is 2.41. The van der Waals surface area contributed by atoms with Crippen molar-refractivity contribution in [2.24, 2.45) is 0 Å². The largest absolute Gasteiger partial charge is 0.351 e. The summed E-state index contributed by atoms with van der Waals surface area (Å²) in [5, 5.41) is 6.42. The van der Waals surface area contributed by atoms with Gasteiger partial charge in [-0.15, -0.1) is 11.3 Å². The van der Waals surface area contributed by atoms with Crippen molar-refractivity contribution in [1.82, 2.24) is 14.8 Å². The van der Waals surface area contributed by atoms with Crippen molar-refractivity contribution >= 4 is 34.1 Å². The van der Waals surface area contributed by atoms with Gasteiger partial charge >= 0.3 is 0 Å². The molecule has 3 heterocycles. The molecule has 2 aromatic heterocycles. The van der Waals surface area contributed by atoms with Crippen LogP contribution in [0.5, 0.6) is 0 Å². The van der Waals surface area contributed by atoms with Crippen LogP contribution in [0, 0.1) is 0 Å². The molecule has 35 heavy (non-hydrogen) atoms. The number of rotatable bonds is 5. The van der Waals surface area contributed by atoms with Crippen LogP contribution < -0.4 is 5.32 Å². The van der Waals surface area contributed by atoms with E-state index in [4.69, 9.17) is 0 Å². The molecule has 1 aliphatic carbocycles. The van der Waals surface area contributed by atoms with Crippen molar-refractivity contribution in [3.05, 3.63) is 94.3 Å². The van der Waals surface area contributed by atoms with Crippen molar-refractivity contribution in [2.75, 3.05) is 0 Å². The number of aromatic nitrogens is 1. The monoisotopic (exact) mass is 483 g/mol. The molecule has 1 N–H and O–H groups in total. The van der Waals surface area contributed by atoms with E-state index in [1.807, 2.05) is 83.1 Å². The van der Waals surface area contributed by atoms with Gasteiger partial charge in [0.15, 0.2) is 5.54 Å². The first-order chi connectivity index (χ1) is 17.2. The molecule has 0 bridgehead atoms. The summed E-state index contributed by atoms with van der Waals surface area (Å²) in [6.45, 7) is 0.778. The smallest absolute Gasteiger partial charge is 0.272 e. The molecule has 1 atom stereocenters. The number of amides is 2. The molecule has 2 aliphatic rings. The normalized spacial score (nSPS) is 20.7. The lowest BCUT2D eigenvalue weighted by Crippen LogP contribution is -2.64. The van der Waals surface area contributed by atoms with Crippen LogP contribution in [0.2, 0.25) is 0 Å². The Morgan fingerprint density at radius 3 is 2.51 bits per heavy atom. The summed E-state index contributed by atoms with van der Waals surface area (Å²) in [7, 11) is 0. The van der Waals surface area contributed by atoms with Crippen LogP contribution in [0.25, 0.3) is 10.9 Å². The topological polar surface area (TPSA) is 54.3 Å². The van der Waals surface area contributed by atoms with E-state index in [0.717, 1.165) is 47.0 Å². The summed E-state index contributed by atoms with van der Waals surface area (Å²) >= 11 is 1.62. The van der Waals surface area contributed by atoms with E-state index >= 15 is 0 Å². The van der Waals surface area contributed by atoms with Gasteiger partial charge in [-0.25, -0.2) is 0 Å². The summed E-state index contributed by atoms with van der Waals surface area (Å²) in [4.78, 5) is 31.5. The maximum absolute atomic E-state index is 14.4. The third-order valence-corrected chi connectivity index (χ3v) is 8.45. The van der Waals surface area contributed by atoms with Gasteiger partial charge in [0.1, 0.15) is 5.69 Å². The third-order valence-electron chi connectivity index (χ3n) is 7.58. The minimum Gasteiger partial charge on any atom is -0.351 e. The molecule has 6 rings (SSSR count). The summed E-state index contributed by atoms with van der Waals surface area (Å²) in [6, 6.07) is 24.1. The Balaban J connectivity index is 1.54. The second kappa shape index (κ2) is 9.00. The molecular weight excluding hydrogens is 454 g/mol. The van der Waals surface area contributed by atoms with E-state index in [-0.39, 0.29) is 17.9 Å². The summed E-state index contributed by atoms with van der Waals surface area (Å²) in [6.07, 6.45) is 5.47. The molecule has 2 aromatic carbocycles. The lowest BCUT2D eigenvalue weighted by atomic mass is 9.83. The first-order valence-corrected chi connectivity index (χ1v) is 13.3. The number of carbonyl (C=O) groups excluding carboxylic acids is 2. The Labute approximate surface area is 209 Å². The van der Waals surface area contributed by atoms with Gasteiger partial charge in [0, 0.05) is 21.8 Å². The highest BCUT2D eigenvalue weighted by Gasteiger charge is 2.52. The number of hydrogen-bond acceptors (Lipinski definition) is 3. The van der Waals surface area contributed by atoms with Crippen molar-refractivity contribution < 1.29 is 9.59 Å². The Hall–Kier alpha value is -3.38. The molecule has 0 saturated heterocycles. The second-order valence-corrected chi connectivity index (χ2v) is 10.7. The minimum atomic E-state index is -1.14. The average molecular weight is 484 g/mol. The van der Waals surface area contributed by atoms with Crippen molar-refractivity contribution in [3.8, 4) is 0 Å². The van der Waals surface area contributed by atoms with E-state index < -0.39 is 5.54 Å². The van der Waals surface area contributed by atoms with Crippen LogP contribution in [0.3, 0.4) is 0 Å². The Kier molecular flexibility index (Phi) is 5.69. The van der Waals surface area contributed by atoms with Gasteiger partial charge in [0.05, 0.1) is 13.1 Å². The van der Waals surface area contributed by atoms with Crippen LogP contribution in [-0.2, 0) is 23.4 Å². The van der Waals surface area contributed by atoms with Crippen LogP contribution in [-0.4, -0.2) is 27.3 Å². The SMILES string of the molecule is O=C1c2cc3ccccc3n2C[C@](C(=O)NC2CCCCC2)(c2ccccc2)N1Cc1cccs1. The number of fused-ring (bicyclic) bond motifs is 3. The fraction of sp³-hybridized carbons (Fsp3) is 0.310. The predicted molar refractivity (Wildman–Crippen MR) is 139 cm³/mol. The third kappa shape index (κ3) is 3.76. The van der Waals surface area contributed by atoms with Gasteiger partial charge in [-0.2, -0.15) is 0 Å². The highest BCUT2D eigenvalue weighted by molar-refractivity contribution is 7.09. The van der Waals surface area contributed by atoms with Crippen molar-refractivity contribution in [1.29, 1.82) is 0 Å². The zero-order valence-corrected chi connectivity index (χ0v) is 20.5. The standard InChI is InChI=1S/C29H29N3O2S/c33-27-26-18-21-10-7-8-16-25(21)31(26)20-29(22-11-3-1-4-12-22,32(27)19-24-15-9-17-35-24)28(34)30-23-13-5-2-6-14-23/h1,3-4,7-12,15-18,23H,2,5-6,13-14,19-20H2,(H,30,34)/t29-/m1/s1. The van der Waals surface area contributed by atoms with Gasteiger partial charge in [-0.05, 0) is 42.0 Å². The molecule has 6 heteroatoms. The number of thiophene rings is 1. The molecule has 178 valence electrons. The number of hydrogen-bond donors (Lipinski definition) is 1. The summed E-state index contributed by atoms with van der Waals surface area (Å²) in [5.41, 5.74) is 1.33. The van der Waals surface area contributed by atoms with Gasteiger partial charge in [-0.1, -0.05) is 73.9 Å². The van der Waals surface area contributed by atoms with Crippen LogP contribution in [0.1, 0.15) is 53.0 Å². The molecule has 4 aromatic rings. The zero-order chi connectivity index (χ0) is 23.8. The van der Waals surface area contributed by atoms with E-state index in [1.165, 1.54) is 6.42 Å². The maximum Gasteiger partial charge on any atom is 0.272 e. The van der Waals surface area contributed by atoms with Crippen molar-refractivity contribution in [2.45, 2.75) is 56.8 Å². The molecule has 5 nitrogen and oxygen atoms in total. The molecular formula is C29H29N3O2S. The number of benzene rings is 2. The fourth-order valence-electron chi connectivity index (χ4n) is 5.79. The fourth-order valence-corrected chi connectivity index (χ4v) is 6.48. The van der Waals surface area contributed by atoms with Crippen LogP contribution in [0.4, 0.5) is 0 Å². The summed E-state index contributed by atoms with van der Waals surface area (Å²) < 4.78 is 2.05. The van der Waals surface area contributed by atoms with Crippen LogP contribution >= 0.6 is 11.3 Å². The number of nitrogens with one attached hydrogen (secondary N) is 1. The molecule has 1 aliphatic heterocycles. The van der Waals surface area contributed by atoms with E-state index in [9.17, 15) is 9.59 Å². The lowest BCUT2D eigenvalue weighted by Gasteiger charge is -2.47. The second-order valence-electron chi connectivity index (χ2n) is 9.68. The molecule has 0 unspecified atom stereocenters. The average Bonchev–Trinajstić information content (AvgIpc) is 3.55. The lowest BCUT2D eigenvalue weighted by molar-refractivity contribution is -0.136. The maximum atomic E-state index is 14.4. The Morgan fingerprint density at radius 1 is 0.971 bits per heavy atom. The highest BCUT2D eigenvalue weighted by atomic mass is 32.1. The predicted octanol–water partition coefficient (Wildman–Crippen LogP) is 5.70. The molecule has 0 spiro atoms. The number of carbonyl (C=O) groups is 2. The molecule has 0 radical (unpaired) electrons. The van der Waals surface area contributed by atoms with Gasteiger partial charge in [0.2, 0.25) is 0 Å². The first-order valence-electron chi connectivity index (χ1n) is 12.5. The van der Waals surface area contributed by atoms with Crippen molar-refractivity contribution in [3.63, 3.8) is 0 Å². The summed E-state index contributed by atoms with van der Waals surface area (Å²) in [5.74, 6) is -0.188. The zero-order valence-electron chi connectivity index (χ0n) is 19.7. The van der Waals surface area contributed by atoms with Gasteiger partial charge < -0.3 is 14.8 Å². The quantitative estimate of drug-likeness (QED) is 0.396. The Bertz CT molecular complexity index is 1360. The first kappa shape index (κ1) is 22.1. The molecule has 1 fully saturated rings. The number of para-hydroxylation sites is 1. The van der Waals surface area contributed by atoms with E-state index in [2.05, 4.69) is 9.88 Å². The van der Waals surface area contributed by atoms with E-state index in [0.29, 0.717) is 18.8 Å². The van der Waals surface area contributed by atoms with E-state index in [1.54, 1.807) is 11.3 Å². The Morgan fingerprint density at radius 2 is 1.74 bits per heavy atom. The van der Waals surface area contributed by atoms with Gasteiger partial charge in [0.25, 0.3) is 11.8 Å². The molecule has 1 saturated carbocycles.